The Kier molecular flexibility index (Phi) is 6.74. The molecule has 0 aliphatic carbocycles. The summed E-state index contributed by atoms with van der Waals surface area (Å²) in [7, 11) is 1.54. The summed E-state index contributed by atoms with van der Waals surface area (Å²) >= 11 is 0. The van der Waals surface area contributed by atoms with Crippen LogP contribution in [0.1, 0.15) is 20.3 Å². The van der Waals surface area contributed by atoms with Gasteiger partial charge in [-0.05, 0) is 6.92 Å². The molecule has 0 aliphatic heterocycles. The van der Waals surface area contributed by atoms with E-state index in [2.05, 4.69) is 5.32 Å². The third-order valence-electron chi connectivity index (χ3n) is 1.56. The number of rotatable bonds is 6. The molecule has 1 N–H and O–H groups in total. The number of amides is 1. The monoisotopic (exact) mass is 203 g/mol. The molecular formula is C9H17NO4. The van der Waals surface area contributed by atoms with Crippen molar-refractivity contribution >= 4 is 11.9 Å². The summed E-state index contributed by atoms with van der Waals surface area (Å²) < 4.78 is 9.62. The van der Waals surface area contributed by atoms with Crippen molar-refractivity contribution < 1.29 is 19.1 Å². The van der Waals surface area contributed by atoms with E-state index in [9.17, 15) is 9.59 Å². The van der Waals surface area contributed by atoms with Gasteiger partial charge in [0.2, 0.25) is 5.91 Å². The van der Waals surface area contributed by atoms with Gasteiger partial charge in [0.1, 0.15) is 6.04 Å². The predicted molar refractivity (Wildman–Crippen MR) is 50.7 cm³/mol. The molecule has 0 radical (unpaired) electrons. The maximum Gasteiger partial charge on any atom is 0.328 e. The van der Waals surface area contributed by atoms with E-state index in [4.69, 9.17) is 9.47 Å². The molecule has 0 saturated heterocycles. The number of ether oxygens (including phenoxy) is 2. The number of hydrogen-bond acceptors (Lipinski definition) is 4. The highest BCUT2D eigenvalue weighted by Gasteiger charge is 2.19. The van der Waals surface area contributed by atoms with Crippen molar-refractivity contribution in [3.05, 3.63) is 0 Å². The lowest BCUT2D eigenvalue weighted by Gasteiger charge is -2.15. The quantitative estimate of drug-likeness (QED) is 0.621. The van der Waals surface area contributed by atoms with Crippen molar-refractivity contribution in [2.75, 3.05) is 20.3 Å². The lowest BCUT2D eigenvalue weighted by molar-refractivity contribution is -0.147. The van der Waals surface area contributed by atoms with Crippen LogP contribution in [0.2, 0.25) is 0 Å². The summed E-state index contributed by atoms with van der Waals surface area (Å²) in [6, 6.07) is -0.604. The van der Waals surface area contributed by atoms with Crippen LogP contribution in [-0.2, 0) is 19.1 Å². The molecule has 5 heteroatoms. The minimum Gasteiger partial charge on any atom is -0.464 e. The van der Waals surface area contributed by atoms with Gasteiger partial charge >= 0.3 is 5.97 Å². The summed E-state index contributed by atoms with van der Waals surface area (Å²) in [5.41, 5.74) is 0. The fraction of sp³-hybridized carbons (Fsp3) is 0.778. The van der Waals surface area contributed by atoms with Crippen LogP contribution in [0, 0.1) is 0 Å². The topological polar surface area (TPSA) is 64.6 Å². The Labute approximate surface area is 83.8 Å². The zero-order valence-corrected chi connectivity index (χ0v) is 8.83. The first-order chi connectivity index (χ1) is 6.61. The molecule has 0 aromatic heterocycles. The van der Waals surface area contributed by atoms with Crippen LogP contribution in [0.25, 0.3) is 0 Å². The van der Waals surface area contributed by atoms with Crippen LogP contribution in [0.5, 0.6) is 0 Å². The lowest BCUT2D eigenvalue weighted by atomic mass is 10.2. The molecule has 0 bridgehead atoms. The SMILES string of the molecule is CCOC(=O)C(CCOC)NC(C)=O. The molecule has 0 aliphatic rings. The van der Waals surface area contributed by atoms with Gasteiger partial charge in [0.25, 0.3) is 0 Å². The Morgan fingerprint density at radius 1 is 1.43 bits per heavy atom. The average Bonchev–Trinajstić information content (AvgIpc) is 2.12. The van der Waals surface area contributed by atoms with Crippen LogP contribution in [0.15, 0.2) is 0 Å². The molecule has 1 atom stereocenters. The molecule has 0 spiro atoms. The van der Waals surface area contributed by atoms with Gasteiger partial charge in [-0.15, -0.1) is 0 Å². The highest BCUT2D eigenvalue weighted by molar-refractivity contribution is 5.83. The van der Waals surface area contributed by atoms with Crippen LogP contribution in [0.4, 0.5) is 0 Å². The Hall–Kier alpha value is -1.10. The molecule has 0 saturated carbocycles. The largest absolute Gasteiger partial charge is 0.464 e. The van der Waals surface area contributed by atoms with E-state index >= 15 is 0 Å². The van der Waals surface area contributed by atoms with Crippen molar-refractivity contribution in [2.24, 2.45) is 0 Å². The fourth-order valence-electron chi connectivity index (χ4n) is 0.973. The first-order valence-corrected chi connectivity index (χ1v) is 4.54. The number of carbonyl (C=O) groups is 2. The molecule has 0 rings (SSSR count). The first-order valence-electron chi connectivity index (χ1n) is 4.54. The normalized spacial score (nSPS) is 11.9. The van der Waals surface area contributed by atoms with E-state index in [1.54, 1.807) is 6.92 Å². The highest BCUT2D eigenvalue weighted by Crippen LogP contribution is 1.96. The minimum atomic E-state index is -0.604. The Balaban J connectivity index is 4.08. The van der Waals surface area contributed by atoms with E-state index in [0.717, 1.165) is 0 Å². The maximum absolute atomic E-state index is 11.3. The lowest BCUT2D eigenvalue weighted by Crippen LogP contribution is -2.41. The van der Waals surface area contributed by atoms with E-state index < -0.39 is 12.0 Å². The van der Waals surface area contributed by atoms with E-state index in [-0.39, 0.29) is 5.91 Å². The zero-order valence-electron chi connectivity index (χ0n) is 8.83. The molecule has 0 fully saturated rings. The van der Waals surface area contributed by atoms with Crippen LogP contribution in [-0.4, -0.2) is 38.2 Å². The molecular weight excluding hydrogens is 186 g/mol. The second-order valence-electron chi connectivity index (χ2n) is 2.79. The van der Waals surface area contributed by atoms with Gasteiger partial charge in [0.15, 0.2) is 0 Å². The fourth-order valence-corrected chi connectivity index (χ4v) is 0.973. The van der Waals surface area contributed by atoms with E-state index in [1.165, 1.54) is 14.0 Å². The number of nitrogens with one attached hydrogen (secondary N) is 1. The highest BCUT2D eigenvalue weighted by atomic mass is 16.5. The first kappa shape index (κ1) is 12.9. The second-order valence-corrected chi connectivity index (χ2v) is 2.79. The molecule has 0 heterocycles. The van der Waals surface area contributed by atoms with Gasteiger partial charge in [-0.25, -0.2) is 4.79 Å². The van der Waals surface area contributed by atoms with E-state index in [1.807, 2.05) is 0 Å². The van der Waals surface area contributed by atoms with Gasteiger partial charge in [-0.3, -0.25) is 4.79 Å². The number of hydrogen-bond donors (Lipinski definition) is 1. The minimum absolute atomic E-state index is 0.251. The molecule has 82 valence electrons. The molecule has 1 amide bonds. The molecule has 0 aromatic carbocycles. The Morgan fingerprint density at radius 3 is 2.50 bits per heavy atom. The van der Waals surface area contributed by atoms with Gasteiger partial charge < -0.3 is 14.8 Å². The summed E-state index contributed by atoms with van der Waals surface area (Å²) in [6.07, 6.45) is 0.426. The average molecular weight is 203 g/mol. The Bertz CT molecular complexity index is 193. The standard InChI is InChI=1S/C9H17NO4/c1-4-14-9(12)8(5-6-13-3)10-7(2)11/h8H,4-6H2,1-3H3,(H,10,11). The number of methoxy groups -OCH3 is 1. The van der Waals surface area contributed by atoms with Gasteiger partial charge in [-0.2, -0.15) is 0 Å². The third-order valence-corrected chi connectivity index (χ3v) is 1.56. The van der Waals surface area contributed by atoms with Crippen molar-refractivity contribution in [1.82, 2.24) is 5.32 Å². The summed E-state index contributed by atoms with van der Waals surface area (Å²) in [6.45, 7) is 3.80. The van der Waals surface area contributed by atoms with Gasteiger partial charge in [-0.1, -0.05) is 0 Å². The van der Waals surface area contributed by atoms with E-state index in [0.29, 0.717) is 19.6 Å². The molecule has 5 nitrogen and oxygen atoms in total. The molecule has 14 heavy (non-hydrogen) atoms. The van der Waals surface area contributed by atoms with Crippen molar-refractivity contribution in [3.8, 4) is 0 Å². The number of esters is 1. The van der Waals surface area contributed by atoms with Crippen LogP contribution in [0.3, 0.4) is 0 Å². The summed E-state index contributed by atoms with van der Waals surface area (Å²) in [4.78, 5) is 22.1. The second kappa shape index (κ2) is 7.32. The molecule has 0 aromatic rings. The smallest absolute Gasteiger partial charge is 0.328 e. The van der Waals surface area contributed by atoms with Crippen molar-refractivity contribution in [2.45, 2.75) is 26.3 Å². The van der Waals surface area contributed by atoms with Crippen LogP contribution >= 0.6 is 0 Å². The van der Waals surface area contributed by atoms with Crippen molar-refractivity contribution in [1.29, 1.82) is 0 Å². The predicted octanol–water partition coefficient (Wildman–Crippen LogP) is 0.0907. The number of carbonyl (C=O) groups excluding carboxylic acids is 2. The third kappa shape index (κ3) is 5.53. The van der Waals surface area contributed by atoms with Gasteiger partial charge in [0.05, 0.1) is 6.61 Å². The van der Waals surface area contributed by atoms with Crippen molar-refractivity contribution in [3.63, 3.8) is 0 Å². The Morgan fingerprint density at radius 2 is 2.07 bits per heavy atom. The van der Waals surface area contributed by atoms with Gasteiger partial charge in [0, 0.05) is 27.1 Å². The summed E-state index contributed by atoms with van der Waals surface area (Å²) in [5.74, 6) is -0.668. The van der Waals surface area contributed by atoms with Crippen LogP contribution < -0.4 is 5.32 Å². The maximum atomic E-state index is 11.3. The molecule has 1 unspecified atom stereocenters. The summed E-state index contributed by atoms with van der Waals surface area (Å²) in [5, 5.41) is 2.51. The zero-order chi connectivity index (χ0) is 11.0.